The van der Waals surface area contributed by atoms with E-state index in [1.54, 1.807) is 6.20 Å². The number of benzene rings is 1. The van der Waals surface area contributed by atoms with Crippen molar-refractivity contribution in [2.75, 3.05) is 43.5 Å². The van der Waals surface area contributed by atoms with Gasteiger partial charge in [-0.1, -0.05) is 6.92 Å². The van der Waals surface area contributed by atoms with E-state index in [0.717, 1.165) is 13.1 Å². The number of morpholine rings is 1. The van der Waals surface area contributed by atoms with E-state index >= 15 is 0 Å². The van der Waals surface area contributed by atoms with Gasteiger partial charge in [0.05, 0.1) is 25.1 Å². The second kappa shape index (κ2) is 9.43. The van der Waals surface area contributed by atoms with Crippen molar-refractivity contribution in [2.24, 2.45) is 5.92 Å². The molecule has 28 heavy (non-hydrogen) atoms. The van der Waals surface area contributed by atoms with Crippen LogP contribution < -0.4 is 10.6 Å². The number of carbonyl (C=O) groups excluding carboxylic acids is 2. The van der Waals surface area contributed by atoms with Crippen molar-refractivity contribution in [2.45, 2.75) is 13.5 Å². The molecule has 0 aliphatic carbocycles. The molecule has 2 N–H and O–H groups in total. The number of amides is 2. The topological polar surface area (TPSA) is 88.5 Å². The zero-order valence-corrected chi connectivity index (χ0v) is 15.7. The molecule has 0 radical (unpaired) electrons. The zero-order valence-electron chi connectivity index (χ0n) is 15.7. The third-order valence-electron chi connectivity index (χ3n) is 4.42. The average Bonchev–Trinajstić information content (AvgIpc) is 3.11. The van der Waals surface area contributed by atoms with Crippen molar-refractivity contribution in [1.29, 1.82) is 0 Å². The van der Waals surface area contributed by atoms with Crippen molar-refractivity contribution < 1.29 is 18.7 Å². The standard InChI is InChI=1S/C19H24FN5O3/c1-14(11-24-6-8-28-9-7-24)19(27)23-17-10-21-25(12-17)13-18(26)22-16-4-2-15(20)3-5-16/h2-5,10,12,14H,6-9,11,13H2,1H3,(H,22,26)(H,23,27)/t14-/m1/s1. The maximum atomic E-state index is 12.9. The molecule has 1 aromatic heterocycles. The maximum Gasteiger partial charge on any atom is 0.246 e. The lowest BCUT2D eigenvalue weighted by molar-refractivity contribution is -0.120. The van der Waals surface area contributed by atoms with Gasteiger partial charge in [-0.3, -0.25) is 19.2 Å². The van der Waals surface area contributed by atoms with Crippen molar-refractivity contribution in [1.82, 2.24) is 14.7 Å². The number of ether oxygens (including phenoxy) is 1. The normalized spacial score (nSPS) is 15.8. The first-order valence-corrected chi connectivity index (χ1v) is 9.18. The van der Waals surface area contributed by atoms with Crippen molar-refractivity contribution >= 4 is 23.2 Å². The van der Waals surface area contributed by atoms with Gasteiger partial charge in [0, 0.05) is 37.4 Å². The zero-order chi connectivity index (χ0) is 19.9. The van der Waals surface area contributed by atoms with E-state index in [0.29, 0.717) is 31.1 Å². The molecule has 2 amide bonds. The third-order valence-corrected chi connectivity index (χ3v) is 4.42. The molecule has 0 saturated carbocycles. The third kappa shape index (κ3) is 5.86. The molecule has 1 aliphatic rings. The fourth-order valence-corrected chi connectivity index (χ4v) is 2.91. The summed E-state index contributed by atoms with van der Waals surface area (Å²) in [6.45, 7) is 5.59. The first kappa shape index (κ1) is 20.0. The number of nitrogens with one attached hydrogen (secondary N) is 2. The van der Waals surface area contributed by atoms with Gasteiger partial charge in [-0.15, -0.1) is 0 Å². The van der Waals surface area contributed by atoms with E-state index in [1.807, 2.05) is 6.92 Å². The van der Waals surface area contributed by atoms with Crippen molar-refractivity contribution in [3.63, 3.8) is 0 Å². The molecule has 1 atom stereocenters. The van der Waals surface area contributed by atoms with Crippen LogP contribution in [0.1, 0.15) is 6.92 Å². The number of rotatable bonds is 7. The highest BCUT2D eigenvalue weighted by molar-refractivity contribution is 5.92. The summed E-state index contributed by atoms with van der Waals surface area (Å²) in [6.07, 6.45) is 3.11. The Balaban J connectivity index is 1.46. The number of nitrogens with zero attached hydrogens (tertiary/aromatic N) is 3. The Kier molecular flexibility index (Phi) is 6.72. The molecule has 1 fully saturated rings. The van der Waals surface area contributed by atoms with Crippen LogP contribution in [0.3, 0.4) is 0 Å². The molecular weight excluding hydrogens is 365 g/mol. The first-order valence-electron chi connectivity index (χ1n) is 9.18. The molecule has 1 saturated heterocycles. The van der Waals surface area contributed by atoms with Gasteiger partial charge in [0.25, 0.3) is 0 Å². The number of halogens is 1. The van der Waals surface area contributed by atoms with Crippen molar-refractivity contribution in [3.05, 3.63) is 42.5 Å². The quantitative estimate of drug-likeness (QED) is 0.750. The average molecular weight is 389 g/mol. The van der Waals surface area contributed by atoms with Crippen LogP contribution in [0, 0.1) is 11.7 Å². The van der Waals surface area contributed by atoms with Crippen LogP contribution in [0.5, 0.6) is 0 Å². The van der Waals surface area contributed by atoms with Gasteiger partial charge < -0.3 is 15.4 Å². The Bertz CT molecular complexity index is 802. The molecule has 2 heterocycles. The Hall–Kier alpha value is -2.78. The number of carbonyl (C=O) groups is 2. The SMILES string of the molecule is C[C@H](CN1CCOCC1)C(=O)Nc1cnn(CC(=O)Nc2ccc(F)cc2)c1. The number of hydrogen-bond acceptors (Lipinski definition) is 5. The number of hydrogen-bond donors (Lipinski definition) is 2. The monoisotopic (exact) mass is 389 g/mol. The predicted molar refractivity (Wildman–Crippen MR) is 102 cm³/mol. The summed E-state index contributed by atoms with van der Waals surface area (Å²) < 4.78 is 19.6. The second-order valence-electron chi connectivity index (χ2n) is 6.78. The number of aromatic nitrogens is 2. The summed E-state index contributed by atoms with van der Waals surface area (Å²) in [5.74, 6) is -0.938. The molecule has 3 rings (SSSR count). The van der Waals surface area contributed by atoms with Crippen LogP contribution >= 0.6 is 0 Å². The summed E-state index contributed by atoms with van der Waals surface area (Å²) >= 11 is 0. The number of anilines is 2. The van der Waals surface area contributed by atoms with Gasteiger partial charge in [-0.05, 0) is 24.3 Å². The molecule has 0 spiro atoms. The van der Waals surface area contributed by atoms with E-state index in [1.165, 1.54) is 35.1 Å². The van der Waals surface area contributed by atoms with Gasteiger partial charge in [0.1, 0.15) is 12.4 Å². The molecule has 0 unspecified atom stereocenters. The lowest BCUT2D eigenvalue weighted by Gasteiger charge is -2.28. The van der Waals surface area contributed by atoms with Crippen LogP contribution in [0.15, 0.2) is 36.7 Å². The summed E-state index contributed by atoms with van der Waals surface area (Å²) in [5.41, 5.74) is 1.04. The van der Waals surface area contributed by atoms with Gasteiger partial charge in [0.15, 0.2) is 0 Å². The Labute approximate surface area is 162 Å². The highest BCUT2D eigenvalue weighted by atomic mass is 19.1. The molecular formula is C19H24FN5O3. The highest BCUT2D eigenvalue weighted by Gasteiger charge is 2.19. The molecule has 9 heteroatoms. The predicted octanol–water partition coefficient (Wildman–Crippen LogP) is 1.57. The van der Waals surface area contributed by atoms with E-state index in [4.69, 9.17) is 4.74 Å². The Morgan fingerprint density at radius 1 is 1.18 bits per heavy atom. The maximum absolute atomic E-state index is 12.9. The molecule has 8 nitrogen and oxygen atoms in total. The summed E-state index contributed by atoms with van der Waals surface area (Å²) in [7, 11) is 0. The lowest BCUT2D eigenvalue weighted by atomic mass is 10.1. The molecule has 150 valence electrons. The highest BCUT2D eigenvalue weighted by Crippen LogP contribution is 2.11. The summed E-state index contributed by atoms with van der Waals surface area (Å²) in [4.78, 5) is 26.6. The Morgan fingerprint density at radius 2 is 1.89 bits per heavy atom. The summed E-state index contributed by atoms with van der Waals surface area (Å²) in [6, 6.07) is 5.51. The van der Waals surface area contributed by atoms with Crippen LogP contribution in [-0.4, -0.2) is 59.3 Å². The molecule has 1 aromatic carbocycles. The van der Waals surface area contributed by atoms with Crippen LogP contribution in [-0.2, 0) is 20.9 Å². The molecule has 0 bridgehead atoms. The second-order valence-corrected chi connectivity index (χ2v) is 6.78. The first-order chi connectivity index (χ1) is 13.5. The van der Waals surface area contributed by atoms with Crippen LogP contribution in [0.2, 0.25) is 0 Å². The minimum atomic E-state index is -0.367. The van der Waals surface area contributed by atoms with E-state index in [-0.39, 0.29) is 30.1 Å². The van der Waals surface area contributed by atoms with E-state index in [9.17, 15) is 14.0 Å². The van der Waals surface area contributed by atoms with Gasteiger partial charge in [-0.25, -0.2) is 4.39 Å². The largest absolute Gasteiger partial charge is 0.379 e. The Morgan fingerprint density at radius 3 is 2.61 bits per heavy atom. The minimum absolute atomic E-state index is 0.0173. The van der Waals surface area contributed by atoms with Crippen LogP contribution in [0.25, 0.3) is 0 Å². The van der Waals surface area contributed by atoms with Gasteiger partial charge in [0.2, 0.25) is 11.8 Å². The fraction of sp³-hybridized carbons (Fsp3) is 0.421. The minimum Gasteiger partial charge on any atom is -0.379 e. The van der Waals surface area contributed by atoms with Gasteiger partial charge >= 0.3 is 0 Å². The lowest BCUT2D eigenvalue weighted by Crippen LogP contribution is -2.41. The van der Waals surface area contributed by atoms with Crippen molar-refractivity contribution in [3.8, 4) is 0 Å². The van der Waals surface area contributed by atoms with E-state index < -0.39 is 0 Å². The van der Waals surface area contributed by atoms with Gasteiger partial charge in [-0.2, -0.15) is 5.10 Å². The molecule has 1 aliphatic heterocycles. The van der Waals surface area contributed by atoms with Crippen LogP contribution in [0.4, 0.5) is 15.8 Å². The van der Waals surface area contributed by atoms with E-state index in [2.05, 4.69) is 20.6 Å². The smallest absolute Gasteiger partial charge is 0.246 e. The fourth-order valence-electron chi connectivity index (χ4n) is 2.91. The molecule has 2 aromatic rings. The summed E-state index contributed by atoms with van der Waals surface area (Å²) in [5, 5.41) is 9.58.